The van der Waals surface area contributed by atoms with Crippen LogP contribution in [0, 0.1) is 0 Å². The number of H-pyrrole nitrogens is 1. The van der Waals surface area contributed by atoms with Crippen molar-refractivity contribution in [3.8, 4) is 0 Å². The summed E-state index contributed by atoms with van der Waals surface area (Å²) in [4.78, 5) is 3.14. The number of fused-ring (bicyclic) bond motifs is 2. The van der Waals surface area contributed by atoms with Gasteiger partial charge in [-0.15, -0.1) is 0 Å². The maximum absolute atomic E-state index is 8.56. The Kier molecular flexibility index (Phi) is 2.58. The van der Waals surface area contributed by atoms with Crippen molar-refractivity contribution in [2.24, 2.45) is 0 Å². The molecule has 1 unspecified atom stereocenters. The molecule has 60 valence electrons. The van der Waals surface area contributed by atoms with Gasteiger partial charge in [0.25, 0.3) is 0 Å². The third-order valence-electron chi connectivity index (χ3n) is 1.17. The molecule has 0 aromatic carbocycles. The predicted octanol–water partition coefficient (Wildman–Crippen LogP) is 0.944. The van der Waals surface area contributed by atoms with Crippen molar-refractivity contribution < 1.29 is 13.3 Å². The number of rotatable bonds is 0. The average Bonchev–Trinajstić information content (AvgIpc) is 2.45. The number of hydrogen-bond acceptors (Lipinski definition) is 2. The number of benzene rings is 1. The minimum atomic E-state index is -2.86. The molecule has 1 atom stereocenters. The van der Waals surface area contributed by atoms with E-state index in [0.717, 1.165) is 0 Å². The highest BCUT2D eigenvalue weighted by Crippen LogP contribution is 2.07. The van der Waals surface area contributed by atoms with Crippen LogP contribution in [0.1, 0.15) is 0 Å². The molecule has 0 saturated carbocycles. The van der Waals surface area contributed by atoms with Gasteiger partial charge in [0.15, 0.2) is 0 Å². The zero-order valence-electron chi connectivity index (χ0n) is 5.48. The first-order chi connectivity index (χ1) is 5.18. The van der Waals surface area contributed by atoms with Crippen LogP contribution in [-0.4, -0.2) is 18.3 Å². The fraction of sp³-hybridized carbons (Fsp3) is 0. The first kappa shape index (κ1) is 8.19. The van der Waals surface area contributed by atoms with E-state index in [0.29, 0.717) is 0 Å². The van der Waals surface area contributed by atoms with Gasteiger partial charge in [-0.25, -0.2) is 4.21 Å². The van der Waals surface area contributed by atoms with Crippen molar-refractivity contribution in [3.05, 3.63) is 24.3 Å². The molecule has 2 rings (SSSR count). The van der Waals surface area contributed by atoms with E-state index in [1.165, 1.54) is 11.0 Å². The van der Waals surface area contributed by atoms with Crippen LogP contribution in [-0.2, 0) is 11.4 Å². The topological polar surface area (TPSA) is 76.2 Å². The van der Waals surface area contributed by atoms with Crippen molar-refractivity contribution in [3.63, 3.8) is 0 Å². The second-order valence-electron chi connectivity index (χ2n) is 1.92. The van der Waals surface area contributed by atoms with E-state index in [1.54, 1.807) is 0 Å². The Balaban J connectivity index is 0.000000134. The summed E-state index contributed by atoms with van der Waals surface area (Å²) in [6, 6.07) is 8.26. The van der Waals surface area contributed by atoms with E-state index in [9.17, 15) is 0 Å². The maximum Gasteiger partial charge on any atom is 0.0814 e. The Morgan fingerprint density at radius 3 is 1.64 bits per heavy atom. The van der Waals surface area contributed by atoms with Gasteiger partial charge in [-0.3, -0.25) is 0 Å². The molecule has 0 aliphatic heterocycles. The zero-order valence-corrected chi connectivity index (χ0v) is 6.30. The van der Waals surface area contributed by atoms with Gasteiger partial charge in [-0.05, 0) is 24.3 Å². The molecule has 0 fully saturated rings. The van der Waals surface area contributed by atoms with Crippen molar-refractivity contribution >= 4 is 22.4 Å². The zero-order chi connectivity index (χ0) is 8.27. The summed E-state index contributed by atoms with van der Waals surface area (Å²) >= 11 is -2.86. The lowest BCUT2D eigenvalue weighted by Crippen LogP contribution is -1.75. The Morgan fingerprint density at radius 1 is 1.27 bits per heavy atom. The van der Waals surface area contributed by atoms with E-state index < -0.39 is 11.4 Å². The van der Waals surface area contributed by atoms with Crippen LogP contribution >= 0.6 is 0 Å². The summed E-state index contributed by atoms with van der Waals surface area (Å²) in [5.74, 6) is 0. The predicted molar refractivity (Wildman–Crippen MR) is 41.0 cm³/mol. The number of aromatic nitrogens is 1. The summed E-state index contributed by atoms with van der Waals surface area (Å²) < 4.78 is 24.1. The smallest absolute Gasteiger partial charge is 0.0814 e. The minimum Gasteiger partial charge on any atom is -0.750 e. The SMILES string of the molecule is O=S([O-])O.c1cc2ccc1[nH]2. The summed E-state index contributed by atoms with van der Waals surface area (Å²) in [5, 5.41) is 0. The molecule has 2 heterocycles. The third-order valence-corrected chi connectivity index (χ3v) is 1.17. The van der Waals surface area contributed by atoms with Crippen LogP contribution in [0.2, 0.25) is 0 Å². The second-order valence-corrected chi connectivity index (χ2v) is 2.35. The minimum absolute atomic E-state index is 1.22. The van der Waals surface area contributed by atoms with Crippen LogP contribution in [0.3, 0.4) is 0 Å². The highest BCUT2D eigenvalue weighted by molar-refractivity contribution is 7.73. The largest absolute Gasteiger partial charge is 0.750 e. The molecule has 0 spiro atoms. The number of nitrogens with one attached hydrogen (secondary N) is 1. The molecule has 2 aromatic rings. The fourth-order valence-corrected chi connectivity index (χ4v) is 0.804. The summed E-state index contributed by atoms with van der Waals surface area (Å²) in [6.45, 7) is 0. The van der Waals surface area contributed by atoms with Crippen molar-refractivity contribution in [1.29, 1.82) is 0 Å². The van der Waals surface area contributed by atoms with Gasteiger partial charge >= 0.3 is 0 Å². The van der Waals surface area contributed by atoms with Gasteiger partial charge in [-0.1, -0.05) is 0 Å². The molecule has 0 aliphatic carbocycles. The summed E-state index contributed by atoms with van der Waals surface area (Å²) in [5.41, 5.74) is 2.44. The highest BCUT2D eigenvalue weighted by Gasteiger charge is 1.87. The van der Waals surface area contributed by atoms with Gasteiger partial charge in [0.05, 0.1) is 11.4 Å². The number of hydrogen-bond donors (Lipinski definition) is 2. The van der Waals surface area contributed by atoms with E-state index in [2.05, 4.69) is 29.2 Å². The van der Waals surface area contributed by atoms with Crippen LogP contribution < -0.4 is 0 Å². The maximum atomic E-state index is 8.56. The molecule has 0 saturated heterocycles. The fourth-order valence-electron chi connectivity index (χ4n) is 0.804. The molecule has 2 N–H and O–H groups in total. The van der Waals surface area contributed by atoms with Crippen molar-refractivity contribution in [2.75, 3.05) is 0 Å². The van der Waals surface area contributed by atoms with E-state index in [-0.39, 0.29) is 0 Å². The normalized spacial score (nSPS) is 12.5. The molecule has 4 nitrogen and oxygen atoms in total. The standard InChI is InChI=1S/C6H5N.H2O3S/c1-2-6-4-3-5(1)7-6;1-4(2)3/h1-4,7H;(H2,1,2,3)/p-1. The molecular formula is C6H6NO3S-. The van der Waals surface area contributed by atoms with Crippen LogP contribution in [0.15, 0.2) is 24.3 Å². The molecule has 0 radical (unpaired) electrons. The van der Waals surface area contributed by atoms with Gasteiger partial charge < -0.3 is 14.1 Å². The van der Waals surface area contributed by atoms with Gasteiger partial charge in [0.1, 0.15) is 0 Å². The lowest BCUT2D eigenvalue weighted by molar-refractivity contribution is 0.436. The summed E-state index contributed by atoms with van der Waals surface area (Å²) in [6.07, 6.45) is 0. The Morgan fingerprint density at radius 2 is 1.55 bits per heavy atom. The lowest BCUT2D eigenvalue weighted by Gasteiger charge is -1.83. The molecule has 11 heavy (non-hydrogen) atoms. The molecule has 0 aliphatic rings. The van der Waals surface area contributed by atoms with E-state index in [1.807, 2.05) is 0 Å². The lowest BCUT2D eigenvalue weighted by atomic mass is 10.4. The quantitative estimate of drug-likeness (QED) is 0.581. The highest BCUT2D eigenvalue weighted by atomic mass is 32.2. The molecule has 2 bridgehead atoms. The van der Waals surface area contributed by atoms with Gasteiger partial charge in [0.2, 0.25) is 0 Å². The second kappa shape index (κ2) is 3.47. The van der Waals surface area contributed by atoms with Gasteiger partial charge in [-0.2, -0.15) is 0 Å². The van der Waals surface area contributed by atoms with E-state index in [4.69, 9.17) is 13.3 Å². The molecule has 0 amide bonds. The van der Waals surface area contributed by atoms with E-state index >= 15 is 0 Å². The van der Waals surface area contributed by atoms with Crippen molar-refractivity contribution in [2.45, 2.75) is 0 Å². The monoisotopic (exact) mass is 172 g/mol. The van der Waals surface area contributed by atoms with Crippen LogP contribution in [0.4, 0.5) is 0 Å². The third kappa shape index (κ3) is 2.67. The Labute approximate surface area is 65.7 Å². The Hall–Kier alpha value is -0.910. The summed E-state index contributed by atoms with van der Waals surface area (Å²) in [7, 11) is 0. The van der Waals surface area contributed by atoms with Gasteiger partial charge in [0, 0.05) is 11.0 Å². The molecular weight excluding hydrogens is 166 g/mol. The molecule has 2 aromatic heterocycles. The first-order valence-corrected chi connectivity index (χ1v) is 3.87. The van der Waals surface area contributed by atoms with Crippen molar-refractivity contribution in [1.82, 2.24) is 4.98 Å². The first-order valence-electron chi connectivity index (χ1n) is 2.84. The van der Waals surface area contributed by atoms with Crippen LogP contribution in [0.25, 0.3) is 11.0 Å². The average molecular weight is 172 g/mol. The number of aromatic amines is 1. The Bertz CT molecular complexity index is 283. The molecule has 5 heteroatoms. The van der Waals surface area contributed by atoms with Crippen LogP contribution in [0.5, 0.6) is 0 Å².